The van der Waals surface area contributed by atoms with Crippen LogP contribution in [0.4, 0.5) is 0 Å². The van der Waals surface area contributed by atoms with Gasteiger partial charge in [0.2, 0.25) is 0 Å². The molecule has 4 heteroatoms. The van der Waals surface area contributed by atoms with Crippen LogP contribution < -0.4 is 10.6 Å². The number of unbranched alkanes of at least 4 members (excludes halogenated alkanes) is 1. The van der Waals surface area contributed by atoms with Crippen molar-refractivity contribution >= 4 is 11.7 Å². The summed E-state index contributed by atoms with van der Waals surface area (Å²) in [4.78, 5) is 24.9. The van der Waals surface area contributed by atoms with Gasteiger partial charge in [-0.25, -0.2) is 0 Å². The zero-order chi connectivity index (χ0) is 16.5. The van der Waals surface area contributed by atoms with E-state index < -0.39 is 6.17 Å². The topological polar surface area (TPSA) is 58.2 Å². The second-order valence-electron chi connectivity index (χ2n) is 5.31. The van der Waals surface area contributed by atoms with E-state index in [0.29, 0.717) is 17.7 Å². The molecule has 1 atom stereocenters. The molecule has 0 saturated heterocycles. The van der Waals surface area contributed by atoms with Crippen LogP contribution in [0.3, 0.4) is 0 Å². The maximum absolute atomic E-state index is 12.6. The highest BCUT2D eigenvalue weighted by Crippen LogP contribution is 2.05. The molecule has 2 aromatic rings. The summed E-state index contributed by atoms with van der Waals surface area (Å²) in [6, 6.07) is 17.9. The average Bonchev–Trinajstić information content (AvgIpc) is 2.62. The number of ketones is 1. The van der Waals surface area contributed by atoms with Crippen LogP contribution in [0.1, 0.15) is 40.5 Å². The Bertz CT molecular complexity index is 626. The van der Waals surface area contributed by atoms with Crippen molar-refractivity contribution in [1.82, 2.24) is 10.6 Å². The fourth-order valence-corrected chi connectivity index (χ4v) is 2.21. The second-order valence-corrected chi connectivity index (χ2v) is 5.31. The molecule has 2 rings (SSSR count). The summed E-state index contributed by atoms with van der Waals surface area (Å²) in [5.74, 6) is -0.394. The molecule has 0 bridgehead atoms. The first kappa shape index (κ1) is 16.9. The van der Waals surface area contributed by atoms with Gasteiger partial charge in [-0.1, -0.05) is 61.9 Å². The molecule has 2 N–H and O–H groups in total. The number of rotatable bonds is 8. The number of hydrogen-bond acceptors (Lipinski definition) is 3. The van der Waals surface area contributed by atoms with Gasteiger partial charge in [0, 0.05) is 11.1 Å². The summed E-state index contributed by atoms with van der Waals surface area (Å²) in [6.45, 7) is 2.76. The Balaban J connectivity index is 2.10. The number of carbonyl (C=O) groups excluding carboxylic acids is 2. The third-order valence-electron chi connectivity index (χ3n) is 3.51. The molecule has 4 nitrogen and oxygen atoms in total. The van der Waals surface area contributed by atoms with Crippen LogP contribution in [-0.2, 0) is 0 Å². The minimum atomic E-state index is -0.725. The number of Topliss-reactive ketones (excluding diaryl/α,β-unsaturated/α-hetero) is 1. The number of amides is 1. The molecule has 0 spiro atoms. The lowest BCUT2D eigenvalue weighted by Crippen LogP contribution is -2.51. The van der Waals surface area contributed by atoms with E-state index in [9.17, 15) is 9.59 Å². The van der Waals surface area contributed by atoms with Crippen LogP contribution in [0.2, 0.25) is 0 Å². The number of hydrogen-bond donors (Lipinski definition) is 2. The van der Waals surface area contributed by atoms with E-state index >= 15 is 0 Å². The molecule has 0 aromatic heterocycles. The summed E-state index contributed by atoms with van der Waals surface area (Å²) in [5, 5.41) is 5.93. The highest BCUT2D eigenvalue weighted by Gasteiger charge is 2.21. The highest BCUT2D eigenvalue weighted by molar-refractivity contribution is 6.04. The van der Waals surface area contributed by atoms with Crippen molar-refractivity contribution in [3.63, 3.8) is 0 Å². The van der Waals surface area contributed by atoms with Crippen LogP contribution in [0.25, 0.3) is 0 Å². The minimum absolute atomic E-state index is 0.133. The summed E-state index contributed by atoms with van der Waals surface area (Å²) in [7, 11) is 0. The smallest absolute Gasteiger partial charge is 0.252 e. The molecule has 1 amide bonds. The highest BCUT2D eigenvalue weighted by atomic mass is 16.2. The molecule has 1 unspecified atom stereocenters. The molecule has 0 saturated carbocycles. The summed E-state index contributed by atoms with van der Waals surface area (Å²) >= 11 is 0. The Morgan fingerprint density at radius 2 is 1.48 bits per heavy atom. The molecule has 120 valence electrons. The Labute approximate surface area is 136 Å². The summed E-state index contributed by atoms with van der Waals surface area (Å²) < 4.78 is 0. The SMILES string of the molecule is CCCCNC(NC(=O)c1ccccc1)C(=O)c1ccccc1. The van der Waals surface area contributed by atoms with E-state index in [1.54, 1.807) is 36.4 Å². The lowest BCUT2D eigenvalue weighted by molar-refractivity contribution is 0.0838. The van der Waals surface area contributed by atoms with Gasteiger partial charge >= 0.3 is 0 Å². The maximum Gasteiger partial charge on any atom is 0.252 e. The van der Waals surface area contributed by atoms with Crippen molar-refractivity contribution in [2.75, 3.05) is 6.54 Å². The Morgan fingerprint density at radius 1 is 0.913 bits per heavy atom. The number of nitrogens with one attached hydrogen (secondary N) is 2. The van der Waals surface area contributed by atoms with Gasteiger partial charge in [0.15, 0.2) is 5.78 Å². The van der Waals surface area contributed by atoms with Crippen molar-refractivity contribution in [3.05, 3.63) is 71.8 Å². The van der Waals surface area contributed by atoms with Crippen LogP contribution in [0, 0.1) is 0 Å². The van der Waals surface area contributed by atoms with Gasteiger partial charge < -0.3 is 5.32 Å². The van der Waals surface area contributed by atoms with E-state index in [0.717, 1.165) is 12.8 Å². The maximum atomic E-state index is 12.6. The van der Waals surface area contributed by atoms with Gasteiger partial charge in [-0.15, -0.1) is 0 Å². The van der Waals surface area contributed by atoms with Gasteiger partial charge in [0.05, 0.1) is 0 Å². The van der Waals surface area contributed by atoms with E-state index in [2.05, 4.69) is 17.6 Å². The third kappa shape index (κ3) is 5.04. The van der Waals surface area contributed by atoms with Crippen LogP contribution in [0.5, 0.6) is 0 Å². The van der Waals surface area contributed by atoms with Crippen molar-refractivity contribution in [3.8, 4) is 0 Å². The number of carbonyl (C=O) groups is 2. The van der Waals surface area contributed by atoms with Gasteiger partial charge in [-0.3, -0.25) is 14.9 Å². The zero-order valence-corrected chi connectivity index (χ0v) is 13.3. The minimum Gasteiger partial charge on any atom is -0.330 e. The van der Waals surface area contributed by atoms with Crippen molar-refractivity contribution in [1.29, 1.82) is 0 Å². The monoisotopic (exact) mass is 310 g/mol. The normalized spacial score (nSPS) is 11.7. The third-order valence-corrected chi connectivity index (χ3v) is 3.51. The first-order valence-corrected chi connectivity index (χ1v) is 7.91. The molecular formula is C19H22N2O2. The average molecular weight is 310 g/mol. The van der Waals surface area contributed by atoms with Gasteiger partial charge in [-0.05, 0) is 25.1 Å². The second kappa shape index (κ2) is 8.86. The Morgan fingerprint density at radius 3 is 2.04 bits per heavy atom. The van der Waals surface area contributed by atoms with Crippen molar-refractivity contribution < 1.29 is 9.59 Å². The van der Waals surface area contributed by atoms with E-state index in [1.807, 2.05) is 24.3 Å². The van der Waals surface area contributed by atoms with Crippen LogP contribution in [-0.4, -0.2) is 24.4 Å². The van der Waals surface area contributed by atoms with Crippen molar-refractivity contribution in [2.45, 2.75) is 25.9 Å². The molecule has 0 heterocycles. The van der Waals surface area contributed by atoms with Gasteiger partial charge in [-0.2, -0.15) is 0 Å². The fourth-order valence-electron chi connectivity index (χ4n) is 2.21. The Kier molecular flexibility index (Phi) is 6.51. The molecule has 0 aliphatic rings. The first-order chi connectivity index (χ1) is 11.2. The largest absolute Gasteiger partial charge is 0.330 e. The lowest BCUT2D eigenvalue weighted by Gasteiger charge is -2.19. The molecule has 0 aliphatic heterocycles. The predicted octanol–water partition coefficient (Wildman–Crippen LogP) is 3.02. The quantitative estimate of drug-likeness (QED) is 0.448. The predicted molar refractivity (Wildman–Crippen MR) is 91.4 cm³/mol. The summed E-state index contributed by atoms with van der Waals surface area (Å²) in [6.07, 6.45) is 1.24. The van der Waals surface area contributed by atoms with E-state index in [-0.39, 0.29) is 11.7 Å². The molecular weight excluding hydrogens is 288 g/mol. The number of benzene rings is 2. The molecule has 0 radical (unpaired) electrons. The first-order valence-electron chi connectivity index (χ1n) is 7.91. The standard InChI is InChI=1S/C19H22N2O2/c1-2-3-14-20-18(17(22)15-10-6-4-7-11-15)21-19(23)16-12-8-5-9-13-16/h4-13,18,20H,2-3,14H2,1H3,(H,21,23). The lowest BCUT2D eigenvalue weighted by atomic mass is 10.1. The van der Waals surface area contributed by atoms with E-state index in [1.165, 1.54) is 0 Å². The fraction of sp³-hybridized carbons (Fsp3) is 0.263. The van der Waals surface area contributed by atoms with E-state index in [4.69, 9.17) is 0 Å². The molecule has 2 aromatic carbocycles. The molecule has 23 heavy (non-hydrogen) atoms. The van der Waals surface area contributed by atoms with Crippen LogP contribution >= 0.6 is 0 Å². The Hall–Kier alpha value is -2.46. The van der Waals surface area contributed by atoms with Crippen molar-refractivity contribution in [2.24, 2.45) is 0 Å². The molecule has 0 aliphatic carbocycles. The van der Waals surface area contributed by atoms with Crippen LogP contribution in [0.15, 0.2) is 60.7 Å². The zero-order valence-electron chi connectivity index (χ0n) is 13.3. The van der Waals surface area contributed by atoms with Gasteiger partial charge in [0.1, 0.15) is 6.17 Å². The summed E-state index contributed by atoms with van der Waals surface area (Å²) in [5.41, 5.74) is 1.12. The van der Waals surface area contributed by atoms with Gasteiger partial charge in [0.25, 0.3) is 5.91 Å². The molecule has 0 fully saturated rings.